The smallest absolute Gasteiger partial charge is 0.352 e. The molecule has 8 rings (SSSR count). The number of carbonyl (C=O) groups excluding carboxylic acids is 7. The maximum Gasteiger partial charge on any atom is 0.352 e. The fourth-order valence-electron chi connectivity index (χ4n) is 9.00. The fraction of sp³-hybridized carbons (Fsp3) is 0.442. The van der Waals surface area contributed by atoms with E-state index in [-0.39, 0.29) is 90.2 Å². The number of anilines is 2. The molecule has 0 bridgehead atoms. The zero-order valence-corrected chi connectivity index (χ0v) is 44.6. The minimum absolute atomic E-state index is 0.00355. The van der Waals surface area contributed by atoms with Crippen LogP contribution in [-0.4, -0.2) is 127 Å². The third-order valence-corrected chi connectivity index (χ3v) is 16.1. The van der Waals surface area contributed by atoms with Crippen LogP contribution in [0.4, 0.5) is 15.8 Å². The van der Waals surface area contributed by atoms with Gasteiger partial charge in [0.2, 0.25) is 27.7 Å². The van der Waals surface area contributed by atoms with E-state index in [0.717, 1.165) is 23.1 Å². The summed E-state index contributed by atoms with van der Waals surface area (Å²) in [6.07, 6.45) is 1.23. The molecule has 0 aliphatic carbocycles. The average Bonchev–Trinajstić information content (AvgIpc) is 3.83. The molecule has 3 saturated heterocycles. The number of amides is 5. The van der Waals surface area contributed by atoms with Crippen molar-refractivity contribution >= 4 is 85.8 Å². The number of esters is 2. The number of imide groups is 1. The van der Waals surface area contributed by atoms with E-state index >= 15 is 4.39 Å². The van der Waals surface area contributed by atoms with Crippen LogP contribution in [0.25, 0.3) is 10.4 Å². The molecule has 1 unspecified atom stereocenters. The summed E-state index contributed by atoms with van der Waals surface area (Å²) in [4.78, 5) is 92.8. The topological polar surface area (TPSA) is 236 Å². The fourth-order valence-corrected chi connectivity index (χ4v) is 12.0. The van der Waals surface area contributed by atoms with E-state index in [9.17, 15) is 42.0 Å². The van der Waals surface area contributed by atoms with Gasteiger partial charge in [0.25, 0.3) is 11.8 Å². The zero-order chi connectivity index (χ0) is 54.1. The van der Waals surface area contributed by atoms with Crippen LogP contribution >= 0.6 is 22.9 Å². The monoisotopic (exact) mass is 1090 g/mol. The predicted octanol–water partition coefficient (Wildman–Crippen LogP) is 6.53. The molecule has 3 N–H and O–H groups in total. The van der Waals surface area contributed by atoms with Gasteiger partial charge in [-0.15, -0.1) is 11.3 Å². The third-order valence-electron chi connectivity index (χ3n) is 12.6. The summed E-state index contributed by atoms with van der Waals surface area (Å²) >= 11 is 7.93. The Morgan fingerprint density at radius 2 is 1.59 bits per heavy atom. The zero-order valence-electron chi connectivity index (χ0n) is 42.2. The van der Waals surface area contributed by atoms with E-state index in [0.29, 0.717) is 34.4 Å². The first kappa shape index (κ1) is 54.6. The molecule has 75 heavy (non-hydrogen) atoms. The second kappa shape index (κ2) is 21.9. The lowest BCUT2D eigenvalue weighted by atomic mass is 9.99. The van der Waals surface area contributed by atoms with Crippen LogP contribution in [0.15, 0.2) is 60.7 Å². The molecule has 3 aromatic carbocycles. The number of rotatable bonds is 16. The van der Waals surface area contributed by atoms with E-state index < -0.39 is 93.5 Å². The van der Waals surface area contributed by atoms with Crippen molar-refractivity contribution in [2.24, 2.45) is 5.92 Å². The molecule has 4 aliphatic heterocycles. The molecule has 4 aliphatic rings. The van der Waals surface area contributed by atoms with Gasteiger partial charge in [0.05, 0.1) is 28.8 Å². The van der Waals surface area contributed by atoms with Crippen LogP contribution < -0.4 is 25.4 Å². The minimum Gasteiger partial charge on any atom is -0.483 e. The molecule has 5 heterocycles. The molecule has 1 atom stereocenters. The van der Waals surface area contributed by atoms with Crippen LogP contribution in [0.5, 0.6) is 11.5 Å². The number of sulfonamides is 1. The van der Waals surface area contributed by atoms with Crippen molar-refractivity contribution in [3.8, 4) is 21.9 Å². The Bertz CT molecular complexity index is 3050. The van der Waals surface area contributed by atoms with Crippen molar-refractivity contribution in [1.29, 1.82) is 0 Å². The summed E-state index contributed by atoms with van der Waals surface area (Å²) in [7, 11) is -3.87. The van der Waals surface area contributed by atoms with Crippen molar-refractivity contribution in [3.05, 3.63) is 93.1 Å². The van der Waals surface area contributed by atoms with Crippen molar-refractivity contribution in [1.82, 2.24) is 19.4 Å². The van der Waals surface area contributed by atoms with Crippen LogP contribution in [0, 0.1) is 11.7 Å². The first-order valence-corrected chi connectivity index (χ1v) is 27.1. The number of fused-ring (bicyclic) bond motifs is 1. The number of nitrogens with one attached hydrogen (secondary N) is 3. The lowest BCUT2D eigenvalue weighted by Crippen LogP contribution is -2.55. The maximum atomic E-state index is 15.1. The Morgan fingerprint density at radius 3 is 2.28 bits per heavy atom. The quantitative estimate of drug-likeness (QED) is 0.0800. The first-order chi connectivity index (χ1) is 35.3. The van der Waals surface area contributed by atoms with Gasteiger partial charge in [0, 0.05) is 55.5 Å². The Morgan fingerprint density at radius 1 is 0.880 bits per heavy atom. The van der Waals surface area contributed by atoms with Crippen molar-refractivity contribution < 1.29 is 65.3 Å². The number of halogens is 2. The normalized spacial score (nSPS) is 17.7. The molecule has 1 aromatic heterocycles. The average molecular weight is 1090 g/mol. The summed E-state index contributed by atoms with van der Waals surface area (Å²) in [6.45, 7) is 10.0. The number of likely N-dealkylation sites (tertiary alicyclic amines) is 1. The SMILES string of the molecule is CC(C)(C)OC(=O)COc1c(C(=O)OC(C)(C)C)sc(-c2cccc(NC3CCN(S(=O)(=O)Cc4ccc(F)c(NC(=O)C5CN(C(=O)COc6cccc7c6CN(C6CCC(=O)NC6=O)C7=O)C5)c4)CC3)c2)c1Cl. The first-order valence-electron chi connectivity index (χ1n) is 24.3. The number of ether oxygens (including phenoxy) is 4. The number of benzene rings is 3. The van der Waals surface area contributed by atoms with E-state index in [1.54, 1.807) is 59.7 Å². The van der Waals surface area contributed by atoms with E-state index in [4.69, 9.17) is 30.5 Å². The molecule has 3 fully saturated rings. The molecule has 0 saturated carbocycles. The third kappa shape index (κ3) is 13.1. The molecule has 4 aromatic rings. The number of nitrogens with zero attached hydrogens (tertiary/aromatic N) is 3. The van der Waals surface area contributed by atoms with Gasteiger partial charge in [-0.2, -0.15) is 0 Å². The van der Waals surface area contributed by atoms with Gasteiger partial charge in [-0.25, -0.2) is 26.7 Å². The summed E-state index contributed by atoms with van der Waals surface area (Å²) < 4.78 is 66.5. The number of carbonyl (C=O) groups is 7. The van der Waals surface area contributed by atoms with Crippen molar-refractivity contribution in [3.63, 3.8) is 0 Å². The summed E-state index contributed by atoms with van der Waals surface area (Å²) in [5.41, 5.74) is 0.715. The van der Waals surface area contributed by atoms with Gasteiger partial charge in [0.15, 0.2) is 23.8 Å². The molecule has 5 amide bonds. The molecule has 0 radical (unpaired) electrons. The molecule has 19 nitrogen and oxygen atoms in total. The molecular formula is C52H58ClFN6O13S2. The number of hydrogen-bond acceptors (Lipinski definition) is 15. The molecule has 400 valence electrons. The summed E-state index contributed by atoms with van der Waals surface area (Å²) in [5.74, 6) is -5.19. The number of hydrogen-bond donors (Lipinski definition) is 3. The Balaban J connectivity index is 0.814. The van der Waals surface area contributed by atoms with Gasteiger partial charge in [-0.3, -0.25) is 29.3 Å². The Hall–Kier alpha value is -6.62. The number of thiophene rings is 1. The largest absolute Gasteiger partial charge is 0.483 e. The summed E-state index contributed by atoms with van der Waals surface area (Å²) in [6, 6.07) is 15.0. The second-order valence-corrected chi connectivity index (χ2v) is 24.1. The van der Waals surface area contributed by atoms with Gasteiger partial charge in [-0.1, -0.05) is 35.9 Å². The van der Waals surface area contributed by atoms with E-state index in [1.165, 1.54) is 26.2 Å². The van der Waals surface area contributed by atoms with E-state index in [1.807, 2.05) is 24.3 Å². The molecule has 23 heteroatoms. The van der Waals surface area contributed by atoms with Crippen molar-refractivity contribution in [2.75, 3.05) is 50.0 Å². The highest BCUT2D eigenvalue weighted by Crippen LogP contribution is 2.47. The van der Waals surface area contributed by atoms with Crippen LogP contribution in [-0.2, 0) is 55.8 Å². The highest BCUT2D eigenvalue weighted by Gasteiger charge is 2.41. The lowest BCUT2D eigenvalue weighted by molar-refractivity contribution is -0.157. The predicted molar refractivity (Wildman–Crippen MR) is 275 cm³/mol. The molecule has 0 spiro atoms. The summed E-state index contributed by atoms with van der Waals surface area (Å²) in [5, 5.41) is 8.42. The Labute approximate surface area is 442 Å². The van der Waals surface area contributed by atoms with Crippen molar-refractivity contribution in [2.45, 2.75) is 103 Å². The second-order valence-electron chi connectivity index (χ2n) is 20.7. The maximum absolute atomic E-state index is 15.1. The van der Waals surface area contributed by atoms with Crippen LogP contribution in [0.1, 0.15) is 98.4 Å². The Kier molecular flexibility index (Phi) is 16.0. The molecular weight excluding hydrogens is 1040 g/mol. The lowest BCUT2D eigenvalue weighted by Gasteiger charge is -2.38. The van der Waals surface area contributed by atoms with Gasteiger partial charge < -0.3 is 39.4 Å². The standard InChI is InChI=1S/C52H58ClFN6O13S2/c1-51(2,3)72-42(63)27-71-44-43(53)45(74-46(44)50(67)73-52(4,5)6)30-9-7-10-33(22-30)55-32-17-19-59(20-18-32)75(68,69)28-29-13-14-36(54)37(21-29)56-47(64)31-23-58(24-31)41(62)26-70-39-12-8-11-34-35(39)25-60(49(34)66)38-15-16-40(61)57-48(38)65/h7-14,21-22,31-32,38,55H,15-20,23-28H2,1-6H3,(H,56,64)(H,57,61,65). The highest BCUT2D eigenvalue weighted by molar-refractivity contribution is 7.88. The van der Waals surface area contributed by atoms with Gasteiger partial charge >= 0.3 is 11.9 Å². The number of piperidine rings is 2. The van der Waals surface area contributed by atoms with Gasteiger partial charge in [0.1, 0.15) is 33.8 Å². The highest BCUT2D eigenvalue weighted by atomic mass is 35.5. The van der Waals surface area contributed by atoms with Crippen LogP contribution in [0.2, 0.25) is 5.02 Å². The van der Waals surface area contributed by atoms with Gasteiger partial charge in [-0.05, 0) is 108 Å². The van der Waals surface area contributed by atoms with E-state index in [2.05, 4.69) is 16.0 Å². The van der Waals surface area contributed by atoms with Crippen LogP contribution in [0.3, 0.4) is 0 Å². The minimum atomic E-state index is -3.87.